The summed E-state index contributed by atoms with van der Waals surface area (Å²) in [4.78, 5) is 24.9. The number of carbonyl (C=O) groups excluding carboxylic acids is 1. The van der Waals surface area contributed by atoms with E-state index in [1.165, 1.54) is 0 Å². The molecule has 5 nitrogen and oxygen atoms in total. The highest BCUT2D eigenvalue weighted by Gasteiger charge is 2.28. The number of rotatable bonds is 5. The SMILES string of the molecule is C=C(C)[C@H](CCC1CCN(C(=O)OC(C)(C)C)CC1)C(=O)O. The second-order valence-electron chi connectivity index (χ2n) is 7.23. The first kappa shape index (κ1) is 18.5. The molecule has 0 aromatic heterocycles. The van der Waals surface area contributed by atoms with Crippen molar-refractivity contribution in [2.45, 2.75) is 59.0 Å². The van der Waals surface area contributed by atoms with E-state index in [0.717, 1.165) is 19.3 Å². The van der Waals surface area contributed by atoms with Crippen molar-refractivity contribution in [1.82, 2.24) is 4.90 Å². The number of amides is 1. The van der Waals surface area contributed by atoms with Gasteiger partial charge in [0.05, 0.1) is 5.92 Å². The van der Waals surface area contributed by atoms with Gasteiger partial charge in [0.1, 0.15) is 5.60 Å². The van der Waals surface area contributed by atoms with E-state index in [2.05, 4.69) is 6.58 Å². The van der Waals surface area contributed by atoms with Crippen LogP contribution in [0.5, 0.6) is 0 Å². The van der Waals surface area contributed by atoms with Gasteiger partial charge in [-0.05, 0) is 59.3 Å². The van der Waals surface area contributed by atoms with E-state index in [1.807, 2.05) is 20.8 Å². The normalized spacial score (nSPS) is 17.9. The smallest absolute Gasteiger partial charge is 0.410 e. The number of piperidine rings is 1. The average Bonchev–Trinajstić information content (AvgIpc) is 2.36. The van der Waals surface area contributed by atoms with Crippen LogP contribution in [0.4, 0.5) is 4.79 Å². The Morgan fingerprint density at radius 1 is 1.32 bits per heavy atom. The van der Waals surface area contributed by atoms with Gasteiger partial charge in [0.25, 0.3) is 0 Å². The number of hydrogen-bond acceptors (Lipinski definition) is 3. The molecule has 1 amide bonds. The zero-order valence-electron chi connectivity index (χ0n) is 14.2. The number of aliphatic carboxylic acids is 1. The van der Waals surface area contributed by atoms with Crippen LogP contribution >= 0.6 is 0 Å². The van der Waals surface area contributed by atoms with E-state index in [9.17, 15) is 9.59 Å². The summed E-state index contributed by atoms with van der Waals surface area (Å²) in [6, 6.07) is 0. The van der Waals surface area contributed by atoms with E-state index in [4.69, 9.17) is 9.84 Å². The number of nitrogens with zero attached hydrogens (tertiary/aromatic N) is 1. The van der Waals surface area contributed by atoms with E-state index in [1.54, 1.807) is 11.8 Å². The fraction of sp³-hybridized carbons (Fsp3) is 0.765. The third-order valence-electron chi connectivity index (χ3n) is 4.02. The summed E-state index contributed by atoms with van der Waals surface area (Å²) in [6.45, 7) is 12.5. The Morgan fingerprint density at radius 3 is 2.27 bits per heavy atom. The first-order valence-electron chi connectivity index (χ1n) is 7.96. The monoisotopic (exact) mass is 311 g/mol. The van der Waals surface area contributed by atoms with Gasteiger partial charge < -0.3 is 14.7 Å². The van der Waals surface area contributed by atoms with Gasteiger partial charge in [0, 0.05) is 13.1 Å². The third kappa shape index (κ3) is 6.08. The summed E-state index contributed by atoms with van der Waals surface area (Å²) >= 11 is 0. The van der Waals surface area contributed by atoms with Gasteiger partial charge in [-0.25, -0.2) is 4.79 Å². The van der Waals surface area contributed by atoms with Crippen molar-refractivity contribution in [2.75, 3.05) is 13.1 Å². The lowest BCUT2D eigenvalue weighted by Crippen LogP contribution is -2.41. The molecule has 0 aliphatic carbocycles. The van der Waals surface area contributed by atoms with Gasteiger partial charge in [-0.3, -0.25) is 4.79 Å². The maximum absolute atomic E-state index is 12.0. The molecule has 1 atom stereocenters. The van der Waals surface area contributed by atoms with Crippen molar-refractivity contribution in [1.29, 1.82) is 0 Å². The lowest BCUT2D eigenvalue weighted by molar-refractivity contribution is -0.140. The molecule has 0 spiro atoms. The lowest BCUT2D eigenvalue weighted by atomic mass is 9.87. The van der Waals surface area contributed by atoms with Crippen molar-refractivity contribution in [3.05, 3.63) is 12.2 Å². The van der Waals surface area contributed by atoms with Crippen LogP contribution in [0.2, 0.25) is 0 Å². The minimum Gasteiger partial charge on any atom is -0.481 e. The molecule has 5 heteroatoms. The predicted molar refractivity (Wildman–Crippen MR) is 85.7 cm³/mol. The molecule has 0 radical (unpaired) electrons. The zero-order chi connectivity index (χ0) is 16.9. The molecule has 126 valence electrons. The first-order chi connectivity index (χ1) is 10.1. The second-order valence-corrected chi connectivity index (χ2v) is 7.23. The number of carboxylic acids is 1. The van der Waals surface area contributed by atoms with Crippen LogP contribution in [0.25, 0.3) is 0 Å². The zero-order valence-corrected chi connectivity index (χ0v) is 14.2. The van der Waals surface area contributed by atoms with E-state index in [0.29, 0.717) is 31.0 Å². The fourth-order valence-electron chi connectivity index (χ4n) is 2.71. The number of carboxylic acid groups (broad SMARTS) is 1. The molecule has 1 N–H and O–H groups in total. The highest BCUT2D eigenvalue weighted by molar-refractivity contribution is 5.73. The summed E-state index contributed by atoms with van der Waals surface area (Å²) in [5, 5.41) is 9.17. The summed E-state index contributed by atoms with van der Waals surface area (Å²) < 4.78 is 5.37. The molecule has 22 heavy (non-hydrogen) atoms. The molecule has 1 heterocycles. The number of hydrogen-bond donors (Lipinski definition) is 1. The van der Waals surface area contributed by atoms with Gasteiger partial charge in [-0.2, -0.15) is 0 Å². The summed E-state index contributed by atoms with van der Waals surface area (Å²) in [5.41, 5.74) is 0.239. The highest BCUT2D eigenvalue weighted by Crippen LogP contribution is 2.27. The number of carbonyl (C=O) groups is 2. The van der Waals surface area contributed by atoms with Gasteiger partial charge >= 0.3 is 12.1 Å². The van der Waals surface area contributed by atoms with Gasteiger partial charge in [0.2, 0.25) is 0 Å². The Bertz CT molecular complexity index is 403. The number of ether oxygens (including phenoxy) is 1. The molecule has 1 aliphatic rings. The van der Waals surface area contributed by atoms with Crippen molar-refractivity contribution in [3.63, 3.8) is 0 Å². The van der Waals surface area contributed by atoms with Crippen molar-refractivity contribution >= 4 is 12.1 Å². The Hall–Kier alpha value is -1.52. The molecule has 1 rings (SSSR count). The van der Waals surface area contributed by atoms with Crippen LogP contribution in [0, 0.1) is 11.8 Å². The molecule has 0 aromatic carbocycles. The van der Waals surface area contributed by atoms with E-state index >= 15 is 0 Å². The standard InChI is InChI=1S/C17H29NO4/c1-12(2)14(15(19)20)7-6-13-8-10-18(11-9-13)16(21)22-17(3,4)5/h13-14H,1,6-11H2,2-5H3,(H,19,20)/t14-/m0/s1. The molecule has 0 aromatic rings. The molecular formula is C17H29NO4. The predicted octanol–water partition coefficient (Wildman–Crippen LogP) is 3.69. The first-order valence-corrected chi connectivity index (χ1v) is 7.96. The quantitative estimate of drug-likeness (QED) is 0.786. The molecular weight excluding hydrogens is 282 g/mol. The van der Waals surface area contributed by atoms with Crippen LogP contribution in [0.3, 0.4) is 0 Å². The van der Waals surface area contributed by atoms with Crippen LogP contribution in [-0.4, -0.2) is 40.8 Å². The number of likely N-dealkylation sites (tertiary alicyclic amines) is 1. The molecule has 0 unspecified atom stereocenters. The fourth-order valence-corrected chi connectivity index (χ4v) is 2.71. The van der Waals surface area contributed by atoms with Crippen LogP contribution in [0.1, 0.15) is 53.4 Å². The van der Waals surface area contributed by atoms with Gasteiger partial charge in [-0.15, -0.1) is 0 Å². The third-order valence-corrected chi connectivity index (χ3v) is 4.02. The topological polar surface area (TPSA) is 66.8 Å². The van der Waals surface area contributed by atoms with Crippen molar-refractivity contribution < 1.29 is 19.4 Å². The minimum atomic E-state index is -0.793. The van der Waals surface area contributed by atoms with Crippen LogP contribution in [-0.2, 0) is 9.53 Å². The Balaban J connectivity index is 2.38. The lowest BCUT2D eigenvalue weighted by Gasteiger charge is -2.33. The Morgan fingerprint density at radius 2 is 1.86 bits per heavy atom. The molecule has 1 fully saturated rings. The summed E-state index contributed by atoms with van der Waals surface area (Å²) in [5.74, 6) is -0.775. The van der Waals surface area contributed by atoms with Gasteiger partial charge in [0.15, 0.2) is 0 Å². The second kappa shape index (κ2) is 7.65. The Labute approximate surface area is 133 Å². The molecule has 1 aliphatic heterocycles. The van der Waals surface area contributed by atoms with Crippen LogP contribution < -0.4 is 0 Å². The minimum absolute atomic E-state index is 0.253. The van der Waals surface area contributed by atoms with Crippen molar-refractivity contribution in [2.24, 2.45) is 11.8 Å². The largest absolute Gasteiger partial charge is 0.481 e. The highest BCUT2D eigenvalue weighted by atomic mass is 16.6. The van der Waals surface area contributed by atoms with Crippen molar-refractivity contribution in [3.8, 4) is 0 Å². The average molecular weight is 311 g/mol. The summed E-state index contributed by atoms with van der Waals surface area (Å²) in [6.07, 6.45) is 3.05. The Kier molecular flexibility index (Phi) is 6.45. The maximum Gasteiger partial charge on any atom is 0.410 e. The maximum atomic E-state index is 12.0. The summed E-state index contributed by atoms with van der Waals surface area (Å²) in [7, 11) is 0. The molecule has 1 saturated heterocycles. The van der Waals surface area contributed by atoms with E-state index < -0.39 is 17.5 Å². The van der Waals surface area contributed by atoms with Crippen LogP contribution in [0.15, 0.2) is 12.2 Å². The van der Waals surface area contributed by atoms with Gasteiger partial charge in [-0.1, -0.05) is 12.2 Å². The molecule has 0 saturated carbocycles. The van der Waals surface area contributed by atoms with E-state index in [-0.39, 0.29) is 6.09 Å². The molecule has 0 bridgehead atoms.